The molecule has 7 nitrogen and oxygen atoms in total. The minimum atomic E-state index is -2.61. The number of ether oxygens (including phenoxy) is 1. The molecular formula is C22H24F2N4O3. The molecule has 4 atom stereocenters. The van der Waals surface area contributed by atoms with Crippen molar-refractivity contribution in [2.75, 3.05) is 6.54 Å². The van der Waals surface area contributed by atoms with Crippen molar-refractivity contribution in [3.63, 3.8) is 0 Å². The van der Waals surface area contributed by atoms with Crippen molar-refractivity contribution in [1.82, 2.24) is 19.9 Å². The summed E-state index contributed by atoms with van der Waals surface area (Å²) in [5, 5.41) is 25.6. The van der Waals surface area contributed by atoms with Crippen molar-refractivity contribution in [3.8, 4) is 5.75 Å². The first-order valence-corrected chi connectivity index (χ1v) is 10.4. The average molecular weight is 430 g/mol. The maximum atomic E-state index is 13.4. The number of fused-ring (bicyclic) bond motifs is 2. The van der Waals surface area contributed by atoms with E-state index in [0.29, 0.717) is 37.3 Å². The van der Waals surface area contributed by atoms with Crippen molar-refractivity contribution >= 4 is 11.0 Å². The van der Waals surface area contributed by atoms with E-state index in [2.05, 4.69) is 15.3 Å². The summed E-state index contributed by atoms with van der Waals surface area (Å²) in [6, 6.07) is 4.31. The van der Waals surface area contributed by atoms with Gasteiger partial charge in [-0.1, -0.05) is 0 Å². The largest absolute Gasteiger partial charge is 0.487 e. The van der Waals surface area contributed by atoms with Crippen molar-refractivity contribution < 1.29 is 23.7 Å². The monoisotopic (exact) mass is 430 g/mol. The Labute approximate surface area is 177 Å². The third-order valence-corrected chi connectivity index (χ3v) is 6.39. The first kappa shape index (κ1) is 20.3. The highest BCUT2D eigenvalue weighted by Gasteiger charge is 2.44. The van der Waals surface area contributed by atoms with Crippen LogP contribution in [0.1, 0.15) is 41.3 Å². The molecular weight excluding hydrogens is 406 g/mol. The molecule has 2 aromatic heterocycles. The Morgan fingerprint density at radius 1 is 1.23 bits per heavy atom. The zero-order valence-corrected chi connectivity index (χ0v) is 17.0. The predicted octanol–water partition coefficient (Wildman–Crippen LogP) is 2.44. The summed E-state index contributed by atoms with van der Waals surface area (Å²) >= 11 is 0. The molecule has 0 unspecified atom stereocenters. The molecule has 1 aromatic carbocycles. The third kappa shape index (κ3) is 3.46. The molecule has 5 rings (SSSR count). The highest BCUT2D eigenvalue weighted by atomic mass is 19.3. The van der Waals surface area contributed by atoms with Gasteiger partial charge in [0.05, 0.1) is 11.7 Å². The molecule has 1 fully saturated rings. The quantitative estimate of drug-likeness (QED) is 0.589. The van der Waals surface area contributed by atoms with Crippen LogP contribution in [0.25, 0.3) is 11.0 Å². The highest BCUT2D eigenvalue weighted by Crippen LogP contribution is 2.38. The van der Waals surface area contributed by atoms with Gasteiger partial charge in [-0.25, -0.2) is 18.7 Å². The van der Waals surface area contributed by atoms with Crippen LogP contribution in [0.5, 0.6) is 5.75 Å². The van der Waals surface area contributed by atoms with Crippen LogP contribution < -0.4 is 10.1 Å². The fourth-order valence-electron chi connectivity index (χ4n) is 4.71. The predicted molar refractivity (Wildman–Crippen MR) is 109 cm³/mol. The molecule has 3 heterocycles. The molecule has 2 aliphatic rings. The third-order valence-electron chi connectivity index (χ3n) is 6.39. The van der Waals surface area contributed by atoms with Gasteiger partial charge in [0.2, 0.25) is 0 Å². The first-order valence-electron chi connectivity index (χ1n) is 10.4. The number of aliphatic hydroxyl groups is 2. The molecule has 0 radical (unpaired) electrons. The second-order valence-electron chi connectivity index (χ2n) is 8.24. The standard InChI is InChI=1S/C22H24F2N4O3/c1-11-14-3-5-28(22(14)27-10-26-11)16-8-18(20(30)19(16)29)31-17-7-13(21(23)24)6-12-2-4-25-9-15(12)17/h3,5-7,10,16,18-21,25,29-30H,2,4,8-9H2,1H3/t16-,18+,19+,20-/m1/s1. The van der Waals surface area contributed by atoms with E-state index >= 15 is 0 Å². The summed E-state index contributed by atoms with van der Waals surface area (Å²) in [7, 11) is 0. The topological polar surface area (TPSA) is 92.4 Å². The number of rotatable bonds is 4. The lowest BCUT2D eigenvalue weighted by Crippen LogP contribution is -2.35. The Kier molecular flexibility index (Phi) is 5.11. The van der Waals surface area contributed by atoms with E-state index in [1.54, 1.807) is 0 Å². The van der Waals surface area contributed by atoms with Crippen molar-refractivity contribution in [3.05, 3.63) is 53.1 Å². The molecule has 1 aliphatic heterocycles. The van der Waals surface area contributed by atoms with Crippen LogP contribution in [0, 0.1) is 6.92 Å². The molecule has 3 N–H and O–H groups in total. The smallest absolute Gasteiger partial charge is 0.263 e. The second-order valence-corrected chi connectivity index (χ2v) is 8.24. The Morgan fingerprint density at radius 2 is 2.06 bits per heavy atom. The lowest BCUT2D eigenvalue weighted by molar-refractivity contribution is -0.0167. The Balaban J connectivity index is 1.46. The van der Waals surface area contributed by atoms with E-state index < -0.39 is 30.8 Å². The molecule has 164 valence electrons. The summed E-state index contributed by atoms with van der Waals surface area (Å²) in [5.74, 6) is 0.340. The Hall–Kier alpha value is -2.62. The van der Waals surface area contributed by atoms with Crippen molar-refractivity contribution in [1.29, 1.82) is 0 Å². The van der Waals surface area contributed by atoms with E-state index in [-0.39, 0.29) is 5.56 Å². The van der Waals surface area contributed by atoms with Crippen molar-refractivity contribution in [2.45, 2.75) is 57.1 Å². The van der Waals surface area contributed by atoms with Gasteiger partial charge in [-0.3, -0.25) is 0 Å². The fraction of sp³-hybridized carbons (Fsp3) is 0.455. The molecule has 1 aliphatic carbocycles. The van der Waals surface area contributed by atoms with Gasteiger partial charge in [0, 0.05) is 35.7 Å². The van der Waals surface area contributed by atoms with Crippen LogP contribution in [0.3, 0.4) is 0 Å². The van der Waals surface area contributed by atoms with Gasteiger partial charge >= 0.3 is 0 Å². The Morgan fingerprint density at radius 3 is 2.87 bits per heavy atom. The van der Waals surface area contributed by atoms with E-state index in [1.165, 1.54) is 18.5 Å². The van der Waals surface area contributed by atoms with E-state index in [9.17, 15) is 19.0 Å². The summed E-state index contributed by atoms with van der Waals surface area (Å²) in [5.41, 5.74) is 3.07. The average Bonchev–Trinajstić information content (AvgIpc) is 3.31. The van der Waals surface area contributed by atoms with Gasteiger partial charge < -0.3 is 24.8 Å². The number of nitrogens with one attached hydrogen (secondary N) is 1. The molecule has 0 bridgehead atoms. The zero-order chi connectivity index (χ0) is 21.7. The Bertz CT molecular complexity index is 1120. The normalized spacial score (nSPS) is 25.9. The van der Waals surface area contributed by atoms with Crippen LogP contribution in [-0.2, 0) is 13.0 Å². The minimum Gasteiger partial charge on any atom is -0.487 e. The number of benzene rings is 1. The van der Waals surface area contributed by atoms with Crippen LogP contribution >= 0.6 is 0 Å². The van der Waals surface area contributed by atoms with Gasteiger partial charge in [-0.2, -0.15) is 0 Å². The second kappa shape index (κ2) is 7.81. The summed E-state index contributed by atoms with van der Waals surface area (Å²) in [6.07, 6.45) is -1.35. The first-order chi connectivity index (χ1) is 14.9. The summed E-state index contributed by atoms with van der Waals surface area (Å²) < 4.78 is 34.8. The number of aryl methyl sites for hydroxylation is 1. The number of halogens is 2. The van der Waals surface area contributed by atoms with Crippen LogP contribution in [0.15, 0.2) is 30.7 Å². The van der Waals surface area contributed by atoms with Gasteiger partial charge in [0.1, 0.15) is 36.0 Å². The van der Waals surface area contributed by atoms with E-state index in [1.807, 2.05) is 23.8 Å². The lowest BCUT2D eigenvalue weighted by atomic mass is 9.97. The molecule has 0 spiro atoms. The maximum absolute atomic E-state index is 13.4. The van der Waals surface area contributed by atoms with Gasteiger partial charge in [0.15, 0.2) is 0 Å². The lowest BCUT2D eigenvalue weighted by Gasteiger charge is -2.25. The number of hydrogen-bond donors (Lipinski definition) is 3. The fourth-order valence-corrected chi connectivity index (χ4v) is 4.71. The van der Waals surface area contributed by atoms with Crippen LogP contribution in [0.2, 0.25) is 0 Å². The summed E-state index contributed by atoms with van der Waals surface area (Å²) in [4.78, 5) is 8.52. The van der Waals surface area contributed by atoms with E-state index in [4.69, 9.17) is 4.74 Å². The molecule has 1 saturated carbocycles. The number of hydrogen-bond acceptors (Lipinski definition) is 6. The van der Waals surface area contributed by atoms with Gasteiger partial charge in [-0.15, -0.1) is 0 Å². The maximum Gasteiger partial charge on any atom is 0.263 e. The number of nitrogens with zero attached hydrogens (tertiary/aromatic N) is 3. The van der Waals surface area contributed by atoms with Gasteiger partial charge in [0.25, 0.3) is 6.43 Å². The SMILES string of the molecule is Cc1ncnc2c1ccn2[C@@H]1C[C@H](Oc2cc(C(F)F)cc3c2CNCC3)[C@@H](O)[C@H]1O. The van der Waals surface area contributed by atoms with E-state index in [0.717, 1.165) is 22.2 Å². The van der Waals surface area contributed by atoms with Crippen molar-refractivity contribution in [2.24, 2.45) is 0 Å². The number of alkyl halides is 2. The zero-order valence-electron chi connectivity index (χ0n) is 17.0. The van der Waals surface area contributed by atoms with Crippen LogP contribution in [-0.4, -0.2) is 49.6 Å². The molecule has 3 aromatic rings. The summed E-state index contributed by atoms with van der Waals surface area (Å²) in [6.45, 7) is 3.11. The molecule has 0 amide bonds. The molecule has 0 saturated heterocycles. The number of aromatic nitrogens is 3. The highest BCUT2D eigenvalue weighted by molar-refractivity contribution is 5.78. The molecule has 9 heteroatoms. The minimum absolute atomic E-state index is 0.0937. The number of aliphatic hydroxyl groups excluding tert-OH is 2. The molecule has 31 heavy (non-hydrogen) atoms. The van der Waals surface area contributed by atoms with Crippen LogP contribution in [0.4, 0.5) is 8.78 Å². The van der Waals surface area contributed by atoms with Gasteiger partial charge in [-0.05, 0) is 43.7 Å².